The van der Waals surface area contributed by atoms with Gasteiger partial charge in [0.25, 0.3) is 0 Å². The molecule has 1 aromatic rings. The van der Waals surface area contributed by atoms with E-state index < -0.39 is 6.10 Å². The van der Waals surface area contributed by atoms with E-state index in [-0.39, 0.29) is 0 Å². The number of hydrogen-bond acceptors (Lipinski definition) is 2. The fourth-order valence-electron chi connectivity index (χ4n) is 2.26. The number of halogens is 1. The van der Waals surface area contributed by atoms with Crippen molar-refractivity contribution in [3.63, 3.8) is 0 Å². The second-order valence-corrected chi connectivity index (χ2v) is 6.02. The Morgan fingerprint density at radius 2 is 2.00 bits per heavy atom. The number of rotatable bonds is 9. The average molecular weight is 328 g/mol. The van der Waals surface area contributed by atoms with E-state index in [1.54, 1.807) is 0 Å². The molecule has 0 amide bonds. The molecule has 0 fully saturated rings. The van der Waals surface area contributed by atoms with Crippen LogP contribution in [-0.2, 0) is 0 Å². The van der Waals surface area contributed by atoms with Crippen molar-refractivity contribution in [2.45, 2.75) is 58.1 Å². The highest BCUT2D eigenvalue weighted by Gasteiger charge is 2.11. The van der Waals surface area contributed by atoms with Gasteiger partial charge < -0.3 is 10.4 Å². The number of benzene rings is 1. The van der Waals surface area contributed by atoms with Crippen molar-refractivity contribution in [2.24, 2.45) is 0 Å². The van der Waals surface area contributed by atoms with Crippen molar-refractivity contribution in [1.82, 2.24) is 5.32 Å². The molecule has 0 aliphatic carbocycles. The van der Waals surface area contributed by atoms with E-state index in [1.807, 2.05) is 24.3 Å². The third kappa shape index (κ3) is 6.55. The van der Waals surface area contributed by atoms with Crippen LogP contribution in [0.15, 0.2) is 28.7 Å². The third-order valence-electron chi connectivity index (χ3n) is 3.38. The van der Waals surface area contributed by atoms with Crippen LogP contribution in [0, 0.1) is 0 Å². The van der Waals surface area contributed by atoms with Crippen LogP contribution in [0.4, 0.5) is 0 Å². The summed E-state index contributed by atoms with van der Waals surface area (Å²) in [4.78, 5) is 0. The molecule has 1 rings (SSSR count). The van der Waals surface area contributed by atoms with Gasteiger partial charge in [0, 0.05) is 17.1 Å². The minimum atomic E-state index is -0.432. The van der Waals surface area contributed by atoms with Crippen LogP contribution in [-0.4, -0.2) is 17.7 Å². The molecule has 0 bridgehead atoms. The lowest BCUT2D eigenvalue weighted by Gasteiger charge is -2.20. The number of unbranched alkanes of at least 4 members (excludes halogenated alkanes) is 1. The Bertz CT molecular complexity index is 356. The minimum absolute atomic E-state index is 0.432. The normalized spacial score (nSPS) is 14.3. The number of nitrogens with one attached hydrogen (secondary N) is 1. The standard InChI is InChI=1S/C16H26BrNO/c1-3-5-10-15(7-4-2)18-12-16(19)13-8-6-9-14(17)11-13/h6,8-9,11,15-16,18-19H,3-5,7,10,12H2,1-2H3. The van der Waals surface area contributed by atoms with Gasteiger partial charge in [-0.1, -0.05) is 61.2 Å². The number of hydrogen-bond donors (Lipinski definition) is 2. The first kappa shape index (κ1) is 16.7. The van der Waals surface area contributed by atoms with Gasteiger partial charge in [0.1, 0.15) is 0 Å². The fourth-order valence-corrected chi connectivity index (χ4v) is 2.67. The zero-order valence-electron chi connectivity index (χ0n) is 12.0. The molecular formula is C16H26BrNO. The van der Waals surface area contributed by atoms with Gasteiger partial charge in [0.2, 0.25) is 0 Å². The molecule has 0 heterocycles. The van der Waals surface area contributed by atoms with Crippen molar-refractivity contribution >= 4 is 15.9 Å². The van der Waals surface area contributed by atoms with Gasteiger partial charge >= 0.3 is 0 Å². The van der Waals surface area contributed by atoms with Gasteiger partial charge in [-0.2, -0.15) is 0 Å². The van der Waals surface area contributed by atoms with E-state index in [4.69, 9.17) is 0 Å². The van der Waals surface area contributed by atoms with E-state index in [0.717, 1.165) is 10.0 Å². The fraction of sp³-hybridized carbons (Fsp3) is 0.625. The molecule has 0 aliphatic heterocycles. The van der Waals surface area contributed by atoms with Gasteiger partial charge in [-0.25, -0.2) is 0 Å². The lowest BCUT2D eigenvalue weighted by molar-refractivity contribution is 0.167. The SMILES string of the molecule is CCCCC(CCC)NCC(O)c1cccc(Br)c1. The van der Waals surface area contributed by atoms with E-state index in [1.165, 1.54) is 32.1 Å². The second kappa shape index (κ2) is 9.51. The van der Waals surface area contributed by atoms with Crippen LogP contribution < -0.4 is 5.32 Å². The molecule has 2 nitrogen and oxygen atoms in total. The van der Waals surface area contributed by atoms with Gasteiger partial charge in [0.05, 0.1) is 6.10 Å². The molecule has 108 valence electrons. The van der Waals surface area contributed by atoms with Crippen LogP contribution in [0.3, 0.4) is 0 Å². The Morgan fingerprint density at radius 3 is 2.63 bits per heavy atom. The van der Waals surface area contributed by atoms with Crippen molar-refractivity contribution in [3.05, 3.63) is 34.3 Å². The van der Waals surface area contributed by atoms with E-state index in [2.05, 4.69) is 35.1 Å². The molecule has 2 unspecified atom stereocenters. The largest absolute Gasteiger partial charge is 0.387 e. The first-order chi connectivity index (χ1) is 9.17. The molecule has 19 heavy (non-hydrogen) atoms. The molecule has 0 radical (unpaired) electrons. The Kier molecular flexibility index (Phi) is 8.35. The predicted octanol–water partition coefficient (Wildman–Crippen LogP) is 4.43. The van der Waals surface area contributed by atoms with Crippen molar-refractivity contribution < 1.29 is 5.11 Å². The molecule has 1 aromatic carbocycles. The maximum absolute atomic E-state index is 10.2. The van der Waals surface area contributed by atoms with E-state index >= 15 is 0 Å². The van der Waals surface area contributed by atoms with Gasteiger partial charge in [-0.15, -0.1) is 0 Å². The van der Waals surface area contributed by atoms with Crippen LogP contribution in [0.2, 0.25) is 0 Å². The molecule has 2 N–H and O–H groups in total. The number of aliphatic hydroxyl groups is 1. The first-order valence-corrected chi connectivity index (χ1v) is 8.13. The number of aliphatic hydroxyl groups excluding tert-OH is 1. The predicted molar refractivity (Wildman–Crippen MR) is 85.3 cm³/mol. The van der Waals surface area contributed by atoms with Crippen LogP contribution in [0.25, 0.3) is 0 Å². The summed E-state index contributed by atoms with van der Waals surface area (Å²) in [6.45, 7) is 5.07. The summed E-state index contributed by atoms with van der Waals surface area (Å²) in [7, 11) is 0. The highest BCUT2D eigenvalue weighted by molar-refractivity contribution is 9.10. The lowest BCUT2D eigenvalue weighted by atomic mass is 10.0. The minimum Gasteiger partial charge on any atom is -0.387 e. The average Bonchev–Trinajstić information content (AvgIpc) is 2.41. The van der Waals surface area contributed by atoms with E-state index in [9.17, 15) is 5.11 Å². The summed E-state index contributed by atoms with van der Waals surface area (Å²) in [5.41, 5.74) is 0.965. The maximum atomic E-state index is 10.2. The molecule has 0 aromatic heterocycles. The molecule has 0 spiro atoms. The molecular weight excluding hydrogens is 302 g/mol. The monoisotopic (exact) mass is 327 g/mol. The first-order valence-electron chi connectivity index (χ1n) is 7.34. The molecule has 0 aliphatic rings. The summed E-state index contributed by atoms with van der Waals surface area (Å²) in [6.07, 6.45) is 5.63. The zero-order valence-corrected chi connectivity index (χ0v) is 13.6. The molecule has 0 saturated heterocycles. The molecule has 2 atom stereocenters. The summed E-state index contributed by atoms with van der Waals surface area (Å²) in [5.74, 6) is 0. The molecule has 3 heteroatoms. The second-order valence-electron chi connectivity index (χ2n) is 5.11. The van der Waals surface area contributed by atoms with Crippen molar-refractivity contribution in [3.8, 4) is 0 Å². The zero-order chi connectivity index (χ0) is 14.1. The van der Waals surface area contributed by atoms with Gasteiger partial charge in [-0.05, 0) is 30.5 Å². The van der Waals surface area contributed by atoms with Gasteiger partial charge in [0.15, 0.2) is 0 Å². The summed E-state index contributed by atoms with van der Waals surface area (Å²) in [6, 6.07) is 8.42. The quantitative estimate of drug-likeness (QED) is 0.703. The van der Waals surface area contributed by atoms with Crippen molar-refractivity contribution in [1.29, 1.82) is 0 Å². The van der Waals surface area contributed by atoms with Crippen molar-refractivity contribution in [2.75, 3.05) is 6.54 Å². The summed E-state index contributed by atoms with van der Waals surface area (Å²) in [5, 5.41) is 13.7. The lowest BCUT2D eigenvalue weighted by Crippen LogP contribution is -2.32. The third-order valence-corrected chi connectivity index (χ3v) is 3.87. The van der Waals surface area contributed by atoms with E-state index in [0.29, 0.717) is 12.6 Å². The Labute approximate surface area is 125 Å². The van der Waals surface area contributed by atoms with Crippen LogP contribution in [0.5, 0.6) is 0 Å². The summed E-state index contributed by atoms with van der Waals surface area (Å²) < 4.78 is 1.01. The van der Waals surface area contributed by atoms with Gasteiger partial charge in [-0.3, -0.25) is 0 Å². The Balaban J connectivity index is 2.44. The highest BCUT2D eigenvalue weighted by Crippen LogP contribution is 2.18. The van der Waals surface area contributed by atoms with Crippen LogP contribution >= 0.6 is 15.9 Å². The topological polar surface area (TPSA) is 32.3 Å². The molecule has 0 saturated carbocycles. The smallest absolute Gasteiger partial charge is 0.0914 e. The Hall–Kier alpha value is -0.380. The Morgan fingerprint density at radius 1 is 1.21 bits per heavy atom. The highest BCUT2D eigenvalue weighted by atomic mass is 79.9. The van der Waals surface area contributed by atoms with Crippen LogP contribution in [0.1, 0.15) is 57.6 Å². The summed E-state index contributed by atoms with van der Waals surface area (Å²) >= 11 is 3.44. The maximum Gasteiger partial charge on any atom is 0.0914 e.